The van der Waals surface area contributed by atoms with Gasteiger partial charge in [0.25, 0.3) is 0 Å². The number of rotatable bonds is 4. The minimum atomic E-state index is -3.57. The monoisotopic (exact) mass is 367 g/mol. The van der Waals surface area contributed by atoms with E-state index in [4.69, 9.17) is 11.6 Å². The number of hydrogen-bond donors (Lipinski definition) is 1. The lowest BCUT2D eigenvalue weighted by atomic mass is 9.82. The summed E-state index contributed by atoms with van der Waals surface area (Å²) in [5, 5.41) is 0.213. The molecule has 0 heterocycles. The third-order valence-corrected chi connectivity index (χ3v) is 5.64. The Hall–Kier alpha value is -0.100. The molecule has 3 nitrogen and oxygen atoms in total. The first kappa shape index (κ1) is 17.0. The molecule has 1 N–H and O–H groups in total. The Morgan fingerprint density at radius 2 is 1.95 bits per heavy atom. The third kappa shape index (κ3) is 4.74. The third-order valence-electron chi connectivity index (χ3n) is 3.24. The van der Waals surface area contributed by atoms with E-state index < -0.39 is 10.0 Å². The van der Waals surface area contributed by atoms with Gasteiger partial charge in [0.1, 0.15) is 4.90 Å². The summed E-state index contributed by atoms with van der Waals surface area (Å²) in [4.78, 5) is 0.110. The van der Waals surface area contributed by atoms with Gasteiger partial charge in [0.15, 0.2) is 0 Å². The second kappa shape index (κ2) is 6.12. The van der Waals surface area contributed by atoms with Gasteiger partial charge < -0.3 is 0 Å². The maximum atomic E-state index is 12.2. The maximum absolute atomic E-state index is 12.2. The van der Waals surface area contributed by atoms with E-state index in [-0.39, 0.29) is 21.3 Å². The van der Waals surface area contributed by atoms with Crippen LogP contribution < -0.4 is 4.72 Å². The van der Waals surface area contributed by atoms with Crippen molar-refractivity contribution in [2.24, 2.45) is 11.3 Å². The maximum Gasteiger partial charge on any atom is 0.242 e. The van der Waals surface area contributed by atoms with E-state index in [2.05, 4.69) is 41.4 Å². The van der Waals surface area contributed by atoms with E-state index in [0.717, 1.165) is 4.47 Å². The van der Waals surface area contributed by atoms with Crippen molar-refractivity contribution in [2.75, 3.05) is 6.54 Å². The Balaban J connectivity index is 2.88. The van der Waals surface area contributed by atoms with Gasteiger partial charge >= 0.3 is 0 Å². The molecule has 0 aliphatic heterocycles. The van der Waals surface area contributed by atoms with Gasteiger partial charge in [-0.25, -0.2) is 13.1 Å². The summed E-state index contributed by atoms with van der Waals surface area (Å²) in [7, 11) is -3.57. The first-order valence-corrected chi connectivity index (χ1v) is 8.64. The summed E-state index contributed by atoms with van der Waals surface area (Å²) in [5.74, 6) is 0.219. The number of nitrogens with one attached hydrogen (secondary N) is 1. The molecule has 0 radical (unpaired) electrons. The summed E-state index contributed by atoms with van der Waals surface area (Å²) >= 11 is 9.22. The van der Waals surface area contributed by atoms with Crippen LogP contribution in [-0.2, 0) is 10.0 Å². The summed E-state index contributed by atoms with van der Waals surface area (Å²) in [6.45, 7) is 8.65. The molecule has 0 amide bonds. The predicted octanol–water partition coefficient (Wildman–Crippen LogP) is 4.06. The van der Waals surface area contributed by atoms with Gasteiger partial charge in [0, 0.05) is 11.0 Å². The standard InChI is InChI=1S/C13H19BrClNO2S/c1-9(13(2,3)4)8-16-19(17,18)12-6-5-10(14)7-11(12)15/h5-7,9,16H,8H2,1-4H3. The zero-order chi connectivity index (χ0) is 14.8. The smallest absolute Gasteiger partial charge is 0.211 e. The van der Waals surface area contributed by atoms with Crippen molar-refractivity contribution in [3.63, 3.8) is 0 Å². The van der Waals surface area contributed by atoms with Crippen LogP contribution in [0, 0.1) is 11.3 Å². The SMILES string of the molecule is CC(CNS(=O)(=O)c1ccc(Br)cc1Cl)C(C)(C)C. The lowest BCUT2D eigenvalue weighted by Crippen LogP contribution is -2.33. The Morgan fingerprint density at radius 3 is 2.42 bits per heavy atom. The van der Waals surface area contributed by atoms with Gasteiger partial charge in [0.2, 0.25) is 10.0 Å². The van der Waals surface area contributed by atoms with Crippen molar-refractivity contribution in [1.29, 1.82) is 0 Å². The average molecular weight is 369 g/mol. The van der Waals surface area contributed by atoms with Gasteiger partial charge in [-0.1, -0.05) is 55.2 Å². The van der Waals surface area contributed by atoms with Crippen molar-refractivity contribution in [3.8, 4) is 0 Å². The highest BCUT2D eigenvalue weighted by Gasteiger charge is 2.24. The van der Waals surface area contributed by atoms with Crippen LogP contribution >= 0.6 is 27.5 Å². The molecular formula is C13H19BrClNO2S. The first-order chi connectivity index (χ1) is 8.54. The Morgan fingerprint density at radius 1 is 1.37 bits per heavy atom. The van der Waals surface area contributed by atoms with E-state index in [0.29, 0.717) is 6.54 Å². The molecule has 1 rings (SSSR count). The van der Waals surface area contributed by atoms with Crippen molar-refractivity contribution < 1.29 is 8.42 Å². The van der Waals surface area contributed by atoms with Gasteiger partial charge in [-0.3, -0.25) is 0 Å². The molecule has 108 valence electrons. The Labute approximate surface area is 128 Å². The summed E-state index contributed by atoms with van der Waals surface area (Å²) in [6.07, 6.45) is 0. The van der Waals surface area contributed by atoms with Gasteiger partial charge in [-0.05, 0) is 29.5 Å². The van der Waals surface area contributed by atoms with Crippen LogP contribution in [0.1, 0.15) is 27.7 Å². The normalized spacial score (nSPS) is 14.4. The number of benzene rings is 1. The molecule has 0 saturated carbocycles. The van der Waals surface area contributed by atoms with Crippen LogP contribution in [-0.4, -0.2) is 15.0 Å². The fraction of sp³-hybridized carbons (Fsp3) is 0.538. The average Bonchev–Trinajstić information content (AvgIpc) is 2.24. The van der Waals surface area contributed by atoms with Gasteiger partial charge in [-0.15, -0.1) is 0 Å². The molecule has 0 saturated heterocycles. The van der Waals surface area contributed by atoms with Crippen LogP contribution in [0.15, 0.2) is 27.6 Å². The quantitative estimate of drug-likeness (QED) is 0.871. The highest BCUT2D eigenvalue weighted by atomic mass is 79.9. The predicted molar refractivity (Wildman–Crippen MR) is 83.0 cm³/mol. The van der Waals surface area contributed by atoms with Crippen LogP contribution in [0.25, 0.3) is 0 Å². The van der Waals surface area contributed by atoms with Crippen molar-refractivity contribution in [1.82, 2.24) is 4.72 Å². The lowest BCUT2D eigenvalue weighted by molar-refractivity contribution is 0.263. The second-order valence-corrected chi connectivity index (χ2v) is 8.75. The highest BCUT2D eigenvalue weighted by Crippen LogP contribution is 2.27. The van der Waals surface area contributed by atoms with Gasteiger partial charge in [-0.2, -0.15) is 0 Å². The second-order valence-electron chi connectivity index (χ2n) is 5.69. The Bertz CT molecular complexity index is 552. The van der Waals surface area contributed by atoms with E-state index in [1.807, 2.05) is 6.92 Å². The van der Waals surface area contributed by atoms with E-state index in [1.165, 1.54) is 6.07 Å². The zero-order valence-corrected chi connectivity index (χ0v) is 14.7. The molecule has 1 aromatic rings. The molecule has 1 aromatic carbocycles. The lowest BCUT2D eigenvalue weighted by Gasteiger charge is -2.27. The minimum absolute atomic E-state index is 0.0476. The molecule has 0 aliphatic rings. The Kier molecular flexibility index (Phi) is 5.46. The van der Waals surface area contributed by atoms with Crippen molar-refractivity contribution in [2.45, 2.75) is 32.6 Å². The molecule has 0 spiro atoms. The van der Waals surface area contributed by atoms with E-state index in [1.54, 1.807) is 12.1 Å². The molecule has 6 heteroatoms. The van der Waals surface area contributed by atoms with Crippen LogP contribution in [0.4, 0.5) is 0 Å². The van der Waals surface area contributed by atoms with E-state index >= 15 is 0 Å². The van der Waals surface area contributed by atoms with E-state index in [9.17, 15) is 8.42 Å². The fourth-order valence-electron chi connectivity index (χ4n) is 1.31. The molecule has 0 aliphatic carbocycles. The number of hydrogen-bond acceptors (Lipinski definition) is 2. The number of sulfonamides is 1. The van der Waals surface area contributed by atoms with Crippen LogP contribution in [0.2, 0.25) is 5.02 Å². The first-order valence-electron chi connectivity index (χ1n) is 5.99. The number of halogens is 2. The van der Waals surface area contributed by atoms with Crippen molar-refractivity contribution in [3.05, 3.63) is 27.7 Å². The van der Waals surface area contributed by atoms with Crippen LogP contribution in [0.3, 0.4) is 0 Å². The largest absolute Gasteiger partial charge is 0.242 e. The van der Waals surface area contributed by atoms with Crippen molar-refractivity contribution >= 4 is 37.6 Å². The fourth-order valence-corrected chi connectivity index (χ4v) is 3.48. The molecule has 0 fully saturated rings. The summed E-state index contributed by atoms with van der Waals surface area (Å²) in [6, 6.07) is 4.73. The minimum Gasteiger partial charge on any atom is -0.211 e. The molecule has 0 aromatic heterocycles. The molecular weight excluding hydrogens is 350 g/mol. The van der Waals surface area contributed by atoms with Gasteiger partial charge in [0.05, 0.1) is 5.02 Å². The topological polar surface area (TPSA) is 46.2 Å². The summed E-state index contributed by atoms with van der Waals surface area (Å²) < 4.78 is 27.7. The molecule has 1 atom stereocenters. The van der Waals surface area contributed by atoms with Crippen LogP contribution in [0.5, 0.6) is 0 Å². The summed E-state index contributed by atoms with van der Waals surface area (Å²) in [5.41, 5.74) is 0.0476. The molecule has 19 heavy (non-hydrogen) atoms. The zero-order valence-electron chi connectivity index (χ0n) is 11.5. The molecule has 0 bridgehead atoms. The molecule has 1 unspecified atom stereocenters. The highest BCUT2D eigenvalue weighted by molar-refractivity contribution is 9.10.